The third-order valence-electron chi connectivity index (χ3n) is 5.53. The van der Waals surface area contributed by atoms with E-state index in [1.165, 1.54) is 0 Å². The summed E-state index contributed by atoms with van der Waals surface area (Å²) in [5, 5.41) is 5.47. The largest absolute Gasteiger partial charge is 0.342 e. The molecular formula is C21H25N5O3. The molecule has 1 saturated heterocycles. The van der Waals surface area contributed by atoms with Crippen LogP contribution < -0.4 is 21.1 Å². The van der Waals surface area contributed by atoms with E-state index >= 15 is 0 Å². The standard InChI is InChI=1S/C21H25N5O3/c1-12-5-7-14(8-6-12)22-19(28)15-10-16(27)23-18-17(15)20(29)25-21(24-18)26-9-3-4-13(2)11-26/h5-8,13,15H,3-4,9-11H2,1-2H3,(H,22,28)(H2,23,24,25,27,29)/t13-,15-/m1/s1. The van der Waals surface area contributed by atoms with Gasteiger partial charge in [0.2, 0.25) is 17.8 Å². The molecule has 2 aromatic rings. The fraction of sp³-hybridized carbons (Fsp3) is 0.429. The van der Waals surface area contributed by atoms with E-state index < -0.39 is 11.8 Å². The molecule has 0 aliphatic carbocycles. The summed E-state index contributed by atoms with van der Waals surface area (Å²) in [6.07, 6.45) is 2.08. The van der Waals surface area contributed by atoms with Crippen molar-refractivity contribution < 1.29 is 9.59 Å². The van der Waals surface area contributed by atoms with Crippen molar-refractivity contribution >= 4 is 29.3 Å². The summed E-state index contributed by atoms with van der Waals surface area (Å²) in [6, 6.07) is 7.36. The van der Waals surface area contributed by atoms with Gasteiger partial charge in [-0.1, -0.05) is 24.6 Å². The first-order valence-corrected chi connectivity index (χ1v) is 9.97. The molecule has 0 radical (unpaired) electrons. The molecule has 152 valence electrons. The van der Waals surface area contributed by atoms with Crippen molar-refractivity contribution in [2.75, 3.05) is 28.6 Å². The Morgan fingerprint density at radius 3 is 2.72 bits per heavy atom. The highest BCUT2D eigenvalue weighted by Gasteiger charge is 2.35. The summed E-state index contributed by atoms with van der Waals surface area (Å²) < 4.78 is 0. The van der Waals surface area contributed by atoms with Crippen LogP contribution in [0.25, 0.3) is 0 Å². The Morgan fingerprint density at radius 2 is 2.00 bits per heavy atom. The van der Waals surface area contributed by atoms with Gasteiger partial charge in [0, 0.05) is 25.2 Å². The summed E-state index contributed by atoms with van der Waals surface area (Å²) in [4.78, 5) is 47.3. The number of carbonyl (C=O) groups is 2. The van der Waals surface area contributed by atoms with Crippen molar-refractivity contribution in [3.63, 3.8) is 0 Å². The average molecular weight is 395 g/mol. The lowest BCUT2D eigenvalue weighted by atomic mass is 9.92. The van der Waals surface area contributed by atoms with Crippen molar-refractivity contribution in [1.82, 2.24) is 9.97 Å². The number of nitrogens with one attached hydrogen (secondary N) is 3. The van der Waals surface area contributed by atoms with Crippen LogP contribution >= 0.6 is 0 Å². The number of H-pyrrole nitrogens is 1. The maximum absolute atomic E-state index is 12.9. The number of aromatic amines is 1. The molecule has 0 bridgehead atoms. The normalized spacial score (nSPS) is 21.3. The van der Waals surface area contributed by atoms with Gasteiger partial charge in [0.25, 0.3) is 5.56 Å². The van der Waals surface area contributed by atoms with Gasteiger partial charge in [0.1, 0.15) is 5.82 Å². The zero-order valence-electron chi connectivity index (χ0n) is 16.6. The smallest absolute Gasteiger partial charge is 0.258 e. The minimum absolute atomic E-state index is 0.0877. The number of hydrogen-bond acceptors (Lipinski definition) is 5. The van der Waals surface area contributed by atoms with Crippen LogP contribution in [0.3, 0.4) is 0 Å². The highest BCUT2D eigenvalue weighted by atomic mass is 16.2. The molecule has 2 aliphatic rings. The monoisotopic (exact) mass is 395 g/mol. The number of piperidine rings is 1. The first kappa shape index (κ1) is 19.2. The summed E-state index contributed by atoms with van der Waals surface area (Å²) in [6.45, 7) is 5.72. The van der Waals surface area contributed by atoms with Crippen LogP contribution in [0.4, 0.5) is 17.5 Å². The lowest BCUT2D eigenvalue weighted by Gasteiger charge is -2.32. The molecule has 29 heavy (non-hydrogen) atoms. The van der Waals surface area contributed by atoms with E-state index in [2.05, 4.69) is 27.5 Å². The summed E-state index contributed by atoms with van der Waals surface area (Å²) in [5.74, 6) is -0.463. The fourth-order valence-corrected chi connectivity index (χ4v) is 3.98. The minimum Gasteiger partial charge on any atom is -0.342 e. The van der Waals surface area contributed by atoms with Crippen molar-refractivity contribution in [1.29, 1.82) is 0 Å². The van der Waals surface area contributed by atoms with E-state index in [0.717, 1.165) is 31.5 Å². The molecule has 0 spiro atoms. The van der Waals surface area contributed by atoms with Gasteiger partial charge in [-0.3, -0.25) is 19.4 Å². The Labute approximate surface area is 168 Å². The second-order valence-corrected chi connectivity index (χ2v) is 8.01. The van der Waals surface area contributed by atoms with Gasteiger partial charge in [0.05, 0.1) is 11.5 Å². The SMILES string of the molecule is Cc1ccc(NC(=O)[C@@H]2CC(=O)Nc3nc(N4CCC[C@@H](C)C4)[nH]c(=O)c32)cc1. The zero-order chi connectivity index (χ0) is 20.5. The molecule has 1 fully saturated rings. The topological polar surface area (TPSA) is 107 Å². The second kappa shape index (κ2) is 7.69. The van der Waals surface area contributed by atoms with Crippen LogP contribution in [-0.2, 0) is 9.59 Å². The number of benzene rings is 1. The Balaban J connectivity index is 1.63. The molecule has 0 unspecified atom stereocenters. The number of fused-ring (bicyclic) bond motifs is 1. The van der Waals surface area contributed by atoms with Crippen LogP contribution in [0.15, 0.2) is 29.1 Å². The first-order chi connectivity index (χ1) is 13.9. The van der Waals surface area contributed by atoms with E-state index in [1.807, 2.05) is 24.0 Å². The maximum atomic E-state index is 12.9. The van der Waals surface area contributed by atoms with Crippen LogP contribution in [0, 0.1) is 12.8 Å². The Morgan fingerprint density at radius 1 is 1.24 bits per heavy atom. The van der Waals surface area contributed by atoms with Gasteiger partial charge in [-0.25, -0.2) is 0 Å². The number of hydrogen-bond donors (Lipinski definition) is 3. The third kappa shape index (κ3) is 4.01. The molecule has 3 heterocycles. The molecule has 0 saturated carbocycles. The van der Waals surface area contributed by atoms with Crippen molar-refractivity contribution in [2.24, 2.45) is 5.92 Å². The first-order valence-electron chi connectivity index (χ1n) is 9.97. The number of aromatic nitrogens is 2. The molecule has 3 N–H and O–H groups in total. The quantitative estimate of drug-likeness (QED) is 0.740. The van der Waals surface area contributed by atoms with Gasteiger partial charge >= 0.3 is 0 Å². The van der Waals surface area contributed by atoms with E-state index in [-0.39, 0.29) is 29.3 Å². The van der Waals surface area contributed by atoms with Crippen LogP contribution in [0.1, 0.15) is 43.2 Å². The predicted octanol–water partition coefficient (Wildman–Crippen LogP) is 2.38. The summed E-state index contributed by atoms with van der Waals surface area (Å²) in [5.41, 5.74) is 1.53. The predicted molar refractivity (Wildman–Crippen MR) is 111 cm³/mol. The Kier molecular flexibility index (Phi) is 5.08. The summed E-state index contributed by atoms with van der Waals surface area (Å²) >= 11 is 0. The second-order valence-electron chi connectivity index (χ2n) is 8.01. The Bertz CT molecular complexity index is 998. The van der Waals surface area contributed by atoms with Crippen LogP contribution in [-0.4, -0.2) is 34.9 Å². The molecule has 2 atom stereocenters. The zero-order valence-corrected chi connectivity index (χ0v) is 16.6. The third-order valence-corrected chi connectivity index (χ3v) is 5.53. The van der Waals surface area contributed by atoms with Gasteiger partial charge in [-0.15, -0.1) is 0 Å². The molecule has 1 aromatic carbocycles. The number of anilines is 3. The van der Waals surface area contributed by atoms with E-state index in [0.29, 0.717) is 17.6 Å². The molecular weight excluding hydrogens is 370 g/mol. The number of nitrogens with zero attached hydrogens (tertiary/aromatic N) is 2. The molecule has 8 heteroatoms. The molecule has 2 amide bonds. The number of amides is 2. The molecule has 1 aromatic heterocycles. The van der Waals surface area contributed by atoms with E-state index in [4.69, 9.17) is 0 Å². The minimum atomic E-state index is -0.884. The number of carbonyl (C=O) groups excluding carboxylic acids is 2. The van der Waals surface area contributed by atoms with Crippen molar-refractivity contribution in [2.45, 2.75) is 39.0 Å². The fourth-order valence-electron chi connectivity index (χ4n) is 3.98. The average Bonchev–Trinajstić information content (AvgIpc) is 2.68. The van der Waals surface area contributed by atoms with Crippen molar-refractivity contribution in [3.05, 3.63) is 45.7 Å². The number of rotatable bonds is 3. The van der Waals surface area contributed by atoms with E-state index in [9.17, 15) is 14.4 Å². The van der Waals surface area contributed by atoms with Gasteiger partial charge in [0.15, 0.2) is 0 Å². The molecule has 2 aliphatic heterocycles. The van der Waals surface area contributed by atoms with Gasteiger partial charge < -0.3 is 15.5 Å². The van der Waals surface area contributed by atoms with Crippen molar-refractivity contribution in [3.8, 4) is 0 Å². The molecule has 4 rings (SSSR count). The van der Waals surface area contributed by atoms with Gasteiger partial charge in [-0.05, 0) is 37.8 Å². The Hall–Kier alpha value is -3.16. The number of aryl methyl sites for hydroxylation is 1. The van der Waals surface area contributed by atoms with E-state index in [1.54, 1.807) is 12.1 Å². The highest BCUT2D eigenvalue weighted by Crippen LogP contribution is 2.31. The van der Waals surface area contributed by atoms with Crippen LogP contribution in [0.5, 0.6) is 0 Å². The molecule has 8 nitrogen and oxygen atoms in total. The van der Waals surface area contributed by atoms with Crippen LogP contribution in [0.2, 0.25) is 0 Å². The lowest BCUT2D eigenvalue weighted by molar-refractivity contribution is -0.123. The lowest BCUT2D eigenvalue weighted by Crippen LogP contribution is -2.40. The highest BCUT2D eigenvalue weighted by molar-refractivity contribution is 6.04. The summed E-state index contributed by atoms with van der Waals surface area (Å²) in [7, 11) is 0. The maximum Gasteiger partial charge on any atom is 0.258 e. The van der Waals surface area contributed by atoms with Gasteiger partial charge in [-0.2, -0.15) is 4.98 Å².